The highest BCUT2D eigenvalue weighted by Crippen LogP contribution is 2.22. The zero-order valence-electron chi connectivity index (χ0n) is 14.9. The van der Waals surface area contributed by atoms with Gasteiger partial charge in [-0.25, -0.2) is 0 Å². The van der Waals surface area contributed by atoms with Gasteiger partial charge in [-0.05, 0) is 57.4 Å². The molecule has 2 heterocycles. The molecule has 24 heavy (non-hydrogen) atoms. The number of hydrogen-bond donors (Lipinski definition) is 2. The molecule has 2 aliphatic heterocycles. The summed E-state index contributed by atoms with van der Waals surface area (Å²) in [5, 5.41) is 9.40. The van der Waals surface area contributed by atoms with Gasteiger partial charge in [0, 0.05) is 17.8 Å². The van der Waals surface area contributed by atoms with Gasteiger partial charge in [-0.3, -0.25) is 4.79 Å². The summed E-state index contributed by atoms with van der Waals surface area (Å²) in [7, 11) is 0. The van der Waals surface area contributed by atoms with Crippen LogP contribution in [0.15, 0.2) is 24.3 Å². The first-order valence-corrected chi connectivity index (χ1v) is 9.23. The average Bonchev–Trinajstić information content (AvgIpc) is 2.56. The van der Waals surface area contributed by atoms with E-state index in [0.29, 0.717) is 30.3 Å². The van der Waals surface area contributed by atoms with E-state index in [1.165, 1.54) is 11.3 Å². The van der Waals surface area contributed by atoms with Gasteiger partial charge in [-0.1, -0.05) is 0 Å². The highest BCUT2D eigenvalue weighted by atomic mass is 16.3. The molecule has 0 spiro atoms. The SMILES string of the molecule is C[C@@H]1CCC[C@@H](C)N1C(=O)C[NH+]1CCN(c2ccc(O)cc2)CC1. The second kappa shape index (κ2) is 7.43. The van der Waals surface area contributed by atoms with E-state index in [1.54, 1.807) is 12.1 Å². The van der Waals surface area contributed by atoms with Crippen molar-refractivity contribution in [1.82, 2.24) is 4.90 Å². The fourth-order valence-electron chi connectivity index (χ4n) is 4.14. The summed E-state index contributed by atoms with van der Waals surface area (Å²) < 4.78 is 0. The van der Waals surface area contributed by atoms with Crippen molar-refractivity contribution in [2.75, 3.05) is 37.6 Å². The lowest BCUT2D eigenvalue weighted by atomic mass is 9.97. The maximum absolute atomic E-state index is 12.7. The summed E-state index contributed by atoms with van der Waals surface area (Å²) in [6.07, 6.45) is 3.52. The number of phenols is 1. The Bertz CT molecular complexity index is 542. The summed E-state index contributed by atoms with van der Waals surface area (Å²) in [5.41, 5.74) is 1.15. The van der Waals surface area contributed by atoms with Crippen molar-refractivity contribution in [2.45, 2.75) is 45.2 Å². The van der Waals surface area contributed by atoms with Gasteiger partial charge in [0.1, 0.15) is 5.75 Å². The molecule has 0 saturated carbocycles. The number of hydrogen-bond acceptors (Lipinski definition) is 3. The van der Waals surface area contributed by atoms with Crippen LogP contribution in [0, 0.1) is 0 Å². The first-order chi connectivity index (χ1) is 11.5. The maximum Gasteiger partial charge on any atom is 0.278 e. The number of amides is 1. The molecule has 1 aromatic carbocycles. The van der Waals surface area contributed by atoms with Gasteiger partial charge < -0.3 is 19.8 Å². The molecule has 132 valence electrons. The Balaban J connectivity index is 1.51. The van der Waals surface area contributed by atoms with Crippen molar-refractivity contribution in [2.24, 2.45) is 0 Å². The molecular formula is C19H30N3O2+. The van der Waals surface area contributed by atoms with Crippen LogP contribution in [-0.2, 0) is 4.79 Å². The summed E-state index contributed by atoms with van der Waals surface area (Å²) in [4.78, 5) is 18.6. The molecular weight excluding hydrogens is 302 g/mol. The minimum absolute atomic E-state index is 0.304. The predicted octanol–water partition coefficient (Wildman–Crippen LogP) is 0.887. The summed E-state index contributed by atoms with van der Waals surface area (Å²) >= 11 is 0. The number of anilines is 1. The first-order valence-electron chi connectivity index (χ1n) is 9.23. The van der Waals surface area contributed by atoms with Crippen LogP contribution in [-0.4, -0.2) is 60.7 Å². The zero-order chi connectivity index (χ0) is 17.1. The quantitative estimate of drug-likeness (QED) is 0.864. The van der Waals surface area contributed by atoms with Gasteiger partial charge in [0.25, 0.3) is 5.91 Å². The van der Waals surface area contributed by atoms with E-state index < -0.39 is 0 Å². The Morgan fingerprint density at radius 2 is 1.71 bits per heavy atom. The molecule has 2 N–H and O–H groups in total. The number of nitrogens with zero attached hydrogens (tertiary/aromatic N) is 2. The molecule has 3 rings (SSSR count). The number of likely N-dealkylation sites (tertiary alicyclic amines) is 1. The molecule has 2 aliphatic rings. The fourth-order valence-corrected chi connectivity index (χ4v) is 4.14. The van der Waals surface area contributed by atoms with Crippen LogP contribution in [0.5, 0.6) is 5.75 Å². The number of nitrogens with one attached hydrogen (secondary N) is 1. The topological polar surface area (TPSA) is 48.2 Å². The first kappa shape index (κ1) is 17.1. The number of phenolic OH excluding ortho intramolecular Hbond substituents is 1. The molecule has 0 bridgehead atoms. The number of piperazine rings is 1. The molecule has 0 aliphatic carbocycles. The van der Waals surface area contributed by atoms with Crippen LogP contribution < -0.4 is 9.80 Å². The standard InChI is InChI=1S/C19H29N3O2/c1-15-4-3-5-16(2)22(15)19(24)14-20-10-12-21(13-11-20)17-6-8-18(23)9-7-17/h6-9,15-16,23H,3-5,10-14H2,1-2H3/p+1/t15-,16-/m1/s1. The second-order valence-corrected chi connectivity index (χ2v) is 7.36. The summed E-state index contributed by atoms with van der Waals surface area (Å²) in [6, 6.07) is 8.16. The Hall–Kier alpha value is -1.75. The molecule has 0 unspecified atom stereocenters. The monoisotopic (exact) mass is 332 g/mol. The largest absolute Gasteiger partial charge is 0.508 e. The van der Waals surface area contributed by atoms with E-state index in [9.17, 15) is 9.90 Å². The maximum atomic E-state index is 12.7. The highest BCUT2D eigenvalue weighted by molar-refractivity contribution is 5.77. The number of carbonyl (C=O) groups excluding carboxylic acids is 1. The van der Waals surface area contributed by atoms with Gasteiger partial charge in [0.05, 0.1) is 26.2 Å². The number of rotatable bonds is 3. The van der Waals surface area contributed by atoms with E-state index >= 15 is 0 Å². The number of aromatic hydroxyl groups is 1. The van der Waals surface area contributed by atoms with Crippen molar-refractivity contribution < 1.29 is 14.8 Å². The third-order valence-electron chi connectivity index (χ3n) is 5.57. The van der Waals surface area contributed by atoms with E-state index in [0.717, 1.165) is 44.7 Å². The number of quaternary nitrogens is 1. The molecule has 2 fully saturated rings. The third kappa shape index (κ3) is 3.83. The number of benzene rings is 1. The fraction of sp³-hybridized carbons (Fsp3) is 0.632. The second-order valence-electron chi connectivity index (χ2n) is 7.36. The average molecular weight is 332 g/mol. The van der Waals surface area contributed by atoms with Gasteiger partial charge in [0.15, 0.2) is 6.54 Å². The molecule has 0 aromatic heterocycles. The predicted molar refractivity (Wildman–Crippen MR) is 95.5 cm³/mol. The van der Waals surface area contributed by atoms with Gasteiger partial charge in [0.2, 0.25) is 0 Å². The van der Waals surface area contributed by atoms with E-state index in [1.807, 2.05) is 12.1 Å². The molecule has 1 amide bonds. The van der Waals surface area contributed by atoms with Crippen molar-refractivity contribution in [3.63, 3.8) is 0 Å². The Kier molecular flexibility index (Phi) is 5.29. The normalized spacial score (nSPS) is 25.8. The van der Waals surface area contributed by atoms with Gasteiger partial charge >= 0.3 is 0 Å². The lowest BCUT2D eigenvalue weighted by Gasteiger charge is -2.40. The Morgan fingerprint density at radius 1 is 1.12 bits per heavy atom. The lowest BCUT2D eigenvalue weighted by Crippen LogP contribution is -3.16. The van der Waals surface area contributed by atoms with Gasteiger partial charge in [-0.2, -0.15) is 0 Å². The lowest BCUT2D eigenvalue weighted by molar-refractivity contribution is -0.892. The Labute approximate surface area is 144 Å². The molecule has 5 nitrogen and oxygen atoms in total. The van der Waals surface area contributed by atoms with Crippen molar-refractivity contribution in [3.05, 3.63) is 24.3 Å². The van der Waals surface area contributed by atoms with Crippen molar-refractivity contribution >= 4 is 11.6 Å². The molecule has 2 atom stereocenters. The molecule has 5 heteroatoms. The Morgan fingerprint density at radius 3 is 2.29 bits per heavy atom. The highest BCUT2D eigenvalue weighted by Gasteiger charge is 2.32. The minimum Gasteiger partial charge on any atom is -0.508 e. The summed E-state index contributed by atoms with van der Waals surface area (Å²) in [5.74, 6) is 0.626. The summed E-state index contributed by atoms with van der Waals surface area (Å²) in [6.45, 7) is 8.89. The van der Waals surface area contributed by atoms with Crippen LogP contribution in [0.3, 0.4) is 0 Å². The van der Waals surface area contributed by atoms with Crippen LogP contribution in [0.25, 0.3) is 0 Å². The van der Waals surface area contributed by atoms with Gasteiger partial charge in [-0.15, -0.1) is 0 Å². The third-order valence-corrected chi connectivity index (χ3v) is 5.57. The van der Waals surface area contributed by atoms with Crippen LogP contribution in [0.1, 0.15) is 33.1 Å². The smallest absolute Gasteiger partial charge is 0.278 e. The van der Waals surface area contributed by atoms with Crippen LogP contribution in [0.2, 0.25) is 0 Å². The van der Waals surface area contributed by atoms with Crippen LogP contribution in [0.4, 0.5) is 5.69 Å². The van der Waals surface area contributed by atoms with Crippen molar-refractivity contribution in [3.8, 4) is 5.75 Å². The van der Waals surface area contributed by atoms with E-state index in [4.69, 9.17) is 0 Å². The minimum atomic E-state index is 0.304. The zero-order valence-corrected chi connectivity index (χ0v) is 14.9. The molecule has 0 radical (unpaired) electrons. The number of carbonyl (C=O) groups is 1. The van der Waals surface area contributed by atoms with Crippen LogP contribution >= 0.6 is 0 Å². The molecule has 1 aromatic rings. The number of piperidine rings is 1. The van der Waals surface area contributed by atoms with Crippen molar-refractivity contribution in [1.29, 1.82) is 0 Å². The van der Waals surface area contributed by atoms with E-state index in [2.05, 4.69) is 23.6 Å². The van der Waals surface area contributed by atoms with E-state index in [-0.39, 0.29) is 0 Å². The molecule has 2 saturated heterocycles.